The molecule has 2 N–H and O–H groups in total. The van der Waals surface area contributed by atoms with E-state index in [9.17, 15) is 14.4 Å². The Morgan fingerprint density at radius 1 is 1.35 bits per heavy atom. The minimum absolute atomic E-state index is 0.0376. The van der Waals surface area contributed by atoms with E-state index >= 15 is 0 Å². The van der Waals surface area contributed by atoms with Crippen LogP contribution in [0.2, 0.25) is 0 Å². The number of carbonyl (C=O) groups excluding carboxylic acids is 3. The number of hydrogen-bond donors (Lipinski definition) is 2. The predicted octanol–water partition coefficient (Wildman–Crippen LogP) is 0.417. The van der Waals surface area contributed by atoms with Crippen LogP contribution in [0.15, 0.2) is 0 Å². The Morgan fingerprint density at radius 2 is 2.00 bits per heavy atom. The van der Waals surface area contributed by atoms with Gasteiger partial charge in [0.2, 0.25) is 17.7 Å². The minimum atomic E-state index is -0.485. The van der Waals surface area contributed by atoms with Crippen LogP contribution in [0, 0.1) is 0 Å². The molecule has 0 aromatic carbocycles. The molecule has 1 aliphatic rings. The van der Waals surface area contributed by atoms with Crippen molar-refractivity contribution in [3.63, 3.8) is 0 Å². The molecular formula is C14H25N3O3. The van der Waals surface area contributed by atoms with Crippen molar-refractivity contribution < 1.29 is 14.4 Å². The van der Waals surface area contributed by atoms with Gasteiger partial charge in [0.25, 0.3) is 0 Å². The van der Waals surface area contributed by atoms with E-state index in [1.165, 1.54) is 4.90 Å². The third kappa shape index (κ3) is 4.30. The summed E-state index contributed by atoms with van der Waals surface area (Å²) in [6.07, 6.45) is 1.38. The minimum Gasteiger partial charge on any atom is -0.354 e. The Balaban J connectivity index is 2.35. The van der Waals surface area contributed by atoms with Gasteiger partial charge in [0, 0.05) is 25.0 Å². The number of carbonyl (C=O) groups is 3. The van der Waals surface area contributed by atoms with E-state index in [0.717, 1.165) is 6.42 Å². The molecule has 114 valence electrons. The van der Waals surface area contributed by atoms with Crippen molar-refractivity contribution in [2.45, 2.75) is 65.1 Å². The topological polar surface area (TPSA) is 78.5 Å². The average Bonchev–Trinajstić information content (AvgIpc) is 2.64. The van der Waals surface area contributed by atoms with Gasteiger partial charge in [-0.3, -0.25) is 19.3 Å². The second-order valence-electron chi connectivity index (χ2n) is 5.53. The molecular weight excluding hydrogens is 258 g/mol. The maximum absolute atomic E-state index is 12.0. The first-order chi connectivity index (χ1) is 9.36. The number of likely N-dealkylation sites (tertiary alicyclic amines) is 1. The highest BCUT2D eigenvalue weighted by atomic mass is 16.2. The molecule has 1 fully saturated rings. The van der Waals surface area contributed by atoms with E-state index in [-0.39, 0.29) is 36.2 Å². The Hall–Kier alpha value is -1.43. The summed E-state index contributed by atoms with van der Waals surface area (Å²) in [6.45, 7) is 7.99. The second-order valence-corrected chi connectivity index (χ2v) is 5.53. The van der Waals surface area contributed by atoms with E-state index in [2.05, 4.69) is 10.6 Å². The van der Waals surface area contributed by atoms with Crippen LogP contribution in [0.25, 0.3) is 0 Å². The standard InChI is InChI=1S/C14H25N3O3/c1-5-10(4)16-12(18)6-7-15-11-8-13(19)17(9(2)3)14(11)20/h9-11,15H,5-8H2,1-4H3,(H,16,18). The maximum atomic E-state index is 12.0. The van der Waals surface area contributed by atoms with Crippen LogP contribution in [0.5, 0.6) is 0 Å². The molecule has 0 radical (unpaired) electrons. The van der Waals surface area contributed by atoms with Gasteiger partial charge in [0.05, 0.1) is 12.5 Å². The number of amides is 3. The lowest BCUT2D eigenvalue weighted by Gasteiger charge is -2.19. The lowest BCUT2D eigenvalue weighted by Crippen LogP contribution is -2.43. The summed E-state index contributed by atoms with van der Waals surface area (Å²) in [5.74, 6) is -0.372. The Bertz CT molecular complexity index is 382. The largest absolute Gasteiger partial charge is 0.354 e. The highest BCUT2D eigenvalue weighted by Crippen LogP contribution is 2.15. The quantitative estimate of drug-likeness (QED) is 0.664. The Morgan fingerprint density at radius 3 is 2.50 bits per heavy atom. The number of nitrogens with zero attached hydrogens (tertiary/aromatic N) is 1. The molecule has 0 aromatic rings. The van der Waals surface area contributed by atoms with Gasteiger partial charge in [0.15, 0.2) is 0 Å². The molecule has 0 spiro atoms. The van der Waals surface area contributed by atoms with Crippen molar-refractivity contribution in [1.29, 1.82) is 0 Å². The number of hydrogen-bond acceptors (Lipinski definition) is 4. The fourth-order valence-corrected chi connectivity index (χ4v) is 2.16. The number of nitrogens with one attached hydrogen (secondary N) is 2. The molecule has 3 amide bonds. The van der Waals surface area contributed by atoms with Crippen molar-refractivity contribution in [3.8, 4) is 0 Å². The predicted molar refractivity (Wildman–Crippen MR) is 75.9 cm³/mol. The van der Waals surface area contributed by atoms with Crippen LogP contribution in [0.1, 0.15) is 47.0 Å². The Labute approximate surface area is 120 Å². The molecule has 1 rings (SSSR count). The second kappa shape index (κ2) is 7.38. The maximum Gasteiger partial charge on any atom is 0.247 e. The van der Waals surface area contributed by atoms with Crippen LogP contribution in [0.3, 0.4) is 0 Å². The molecule has 20 heavy (non-hydrogen) atoms. The lowest BCUT2D eigenvalue weighted by molar-refractivity contribution is -0.140. The van der Waals surface area contributed by atoms with Gasteiger partial charge in [-0.1, -0.05) is 6.92 Å². The highest BCUT2D eigenvalue weighted by Gasteiger charge is 2.39. The highest BCUT2D eigenvalue weighted by molar-refractivity contribution is 6.05. The van der Waals surface area contributed by atoms with E-state index in [4.69, 9.17) is 0 Å². The molecule has 0 aromatic heterocycles. The molecule has 0 saturated carbocycles. The zero-order valence-corrected chi connectivity index (χ0v) is 12.7. The summed E-state index contributed by atoms with van der Waals surface area (Å²) in [4.78, 5) is 36.6. The number of imide groups is 1. The molecule has 1 aliphatic heterocycles. The van der Waals surface area contributed by atoms with Crippen molar-refractivity contribution in [3.05, 3.63) is 0 Å². The fraction of sp³-hybridized carbons (Fsp3) is 0.786. The van der Waals surface area contributed by atoms with Crippen LogP contribution in [0.4, 0.5) is 0 Å². The summed E-state index contributed by atoms with van der Waals surface area (Å²) in [6, 6.07) is -0.439. The summed E-state index contributed by atoms with van der Waals surface area (Å²) in [5, 5.41) is 5.86. The molecule has 6 heteroatoms. The van der Waals surface area contributed by atoms with E-state index < -0.39 is 6.04 Å². The normalized spacial score (nSPS) is 20.6. The lowest BCUT2D eigenvalue weighted by atomic mass is 10.2. The van der Waals surface area contributed by atoms with Gasteiger partial charge in [-0.25, -0.2) is 0 Å². The van der Waals surface area contributed by atoms with Crippen LogP contribution in [-0.4, -0.2) is 47.3 Å². The van der Waals surface area contributed by atoms with Gasteiger partial charge >= 0.3 is 0 Å². The van der Waals surface area contributed by atoms with Gasteiger partial charge in [-0.15, -0.1) is 0 Å². The first-order valence-corrected chi connectivity index (χ1v) is 7.25. The van der Waals surface area contributed by atoms with Gasteiger partial charge < -0.3 is 10.6 Å². The summed E-state index contributed by atoms with van der Waals surface area (Å²) < 4.78 is 0. The monoisotopic (exact) mass is 283 g/mol. The molecule has 0 aliphatic carbocycles. The van der Waals surface area contributed by atoms with Crippen molar-refractivity contribution in [2.24, 2.45) is 0 Å². The van der Waals surface area contributed by atoms with Gasteiger partial charge in [-0.05, 0) is 27.2 Å². The van der Waals surface area contributed by atoms with Crippen LogP contribution in [-0.2, 0) is 14.4 Å². The van der Waals surface area contributed by atoms with Crippen molar-refractivity contribution in [1.82, 2.24) is 15.5 Å². The SMILES string of the molecule is CCC(C)NC(=O)CCNC1CC(=O)N(C(C)C)C1=O. The van der Waals surface area contributed by atoms with Crippen LogP contribution < -0.4 is 10.6 Å². The van der Waals surface area contributed by atoms with Crippen LogP contribution >= 0.6 is 0 Å². The Kier molecular flexibility index (Phi) is 6.13. The van der Waals surface area contributed by atoms with Crippen molar-refractivity contribution >= 4 is 17.7 Å². The van der Waals surface area contributed by atoms with E-state index in [0.29, 0.717) is 13.0 Å². The number of rotatable bonds is 7. The van der Waals surface area contributed by atoms with Gasteiger partial charge in [-0.2, -0.15) is 0 Å². The average molecular weight is 283 g/mol. The third-order valence-electron chi connectivity index (χ3n) is 3.46. The molecule has 2 unspecified atom stereocenters. The zero-order valence-electron chi connectivity index (χ0n) is 12.7. The third-order valence-corrected chi connectivity index (χ3v) is 3.46. The van der Waals surface area contributed by atoms with E-state index in [1.54, 1.807) is 0 Å². The first kappa shape index (κ1) is 16.6. The molecule has 6 nitrogen and oxygen atoms in total. The summed E-state index contributed by atoms with van der Waals surface area (Å²) >= 11 is 0. The smallest absolute Gasteiger partial charge is 0.247 e. The summed E-state index contributed by atoms with van der Waals surface area (Å²) in [7, 11) is 0. The molecule has 1 heterocycles. The molecule has 0 bridgehead atoms. The first-order valence-electron chi connectivity index (χ1n) is 7.25. The molecule has 1 saturated heterocycles. The summed E-state index contributed by atoms with van der Waals surface area (Å²) in [5.41, 5.74) is 0. The van der Waals surface area contributed by atoms with Gasteiger partial charge in [0.1, 0.15) is 0 Å². The zero-order chi connectivity index (χ0) is 15.3. The fourth-order valence-electron chi connectivity index (χ4n) is 2.16. The molecule has 2 atom stereocenters. The van der Waals surface area contributed by atoms with E-state index in [1.807, 2.05) is 27.7 Å². The van der Waals surface area contributed by atoms with Crippen molar-refractivity contribution in [2.75, 3.05) is 6.54 Å².